The fourth-order valence-corrected chi connectivity index (χ4v) is 2.36. The van der Waals surface area contributed by atoms with Gasteiger partial charge in [-0.2, -0.15) is 13.2 Å². The summed E-state index contributed by atoms with van der Waals surface area (Å²) in [5, 5.41) is 9.94. The van der Waals surface area contributed by atoms with Crippen LogP contribution in [0.15, 0.2) is 24.4 Å². The topological polar surface area (TPSA) is 132 Å². The fraction of sp³-hybridized carbons (Fsp3) is 0.250. The molecule has 1 unspecified atom stereocenters. The first-order chi connectivity index (χ1) is 11.9. The summed E-state index contributed by atoms with van der Waals surface area (Å²) >= 11 is 0. The van der Waals surface area contributed by atoms with Gasteiger partial charge in [0, 0.05) is 18.1 Å². The van der Waals surface area contributed by atoms with Crippen molar-refractivity contribution >= 4 is 17.5 Å². The molecule has 0 aliphatic rings. The van der Waals surface area contributed by atoms with Gasteiger partial charge in [0.25, 0.3) is 11.5 Å². The lowest BCUT2D eigenvalue weighted by atomic mass is 9.89. The molecule has 1 heterocycles. The van der Waals surface area contributed by atoms with Gasteiger partial charge >= 0.3 is 6.18 Å². The van der Waals surface area contributed by atoms with Crippen LogP contribution in [0.25, 0.3) is 11.3 Å². The number of Topliss-reactive ketones (excluding diaryl/α,β-unsaturated/α-hetero) is 1. The molecule has 0 aliphatic heterocycles. The van der Waals surface area contributed by atoms with Gasteiger partial charge in [0.15, 0.2) is 11.6 Å². The molecule has 2 aromatic rings. The van der Waals surface area contributed by atoms with Crippen molar-refractivity contribution in [3.8, 4) is 11.3 Å². The Bertz CT molecular complexity index is 899. The maximum Gasteiger partial charge on any atom is 0.430 e. The second kappa shape index (κ2) is 6.37. The van der Waals surface area contributed by atoms with E-state index in [-0.39, 0.29) is 22.8 Å². The van der Waals surface area contributed by atoms with Crippen molar-refractivity contribution in [2.24, 2.45) is 5.73 Å². The molecule has 0 fully saturated rings. The highest BCUT2D eigenvalue weighted by molar-refractivity contribution is 5.96. The summed E-state index contributed by atoms with van der Waals surface area (Å²) in [5.41, 5.74) is 6.21. The number of aliphatic hydroxyl groups is 1. The zero-order valence-electron chi connectivity index (χ0n) is 13.8. The molecule has 2 rings (SSSR count). The molecule has 1 aromatic heterocycles. The molecule has 0 saturated heterocycles. The Morgan fingerprint density at radius 2 is 1.85 bits per heavy atom. The van der Waals surface area contributed by atoms with Crippen molar-refractivity contribution in [3.05, 3.63) is 41.2 Å². The third-order valence-corrected chi connectivity index (χ3v) is 3.83. The molecule has 1 atom stereocenters. The van der Waals surface area contributed by atoms with Gasteiger partial charge in [-0.05, 0) is 18.6 Å². The first-order valence-electron chi connectivity index (χ1n) is 7.23. The van der Waals surface area contributed by atoms with Gasteiger partial charge in [-0.1, -0.05) is 12.1 Å². The van der Waals surface area contributed by atoms with Crippen LogP contribution >= 0.6 is 0 Å². The number of hydrogen-bond acceptors (Lipinski definition) is 6. The summed E-state index contributed by atoms with van der Waals surface area (Å²) in [5.74, 6) is -2.57. The Morgan fingerprint density at radius 1 is 1.23 bits per heavy atom. The van der Waals surface area contributed by atoms with E-state index in [9.17, 15) is 27.9 Å². The van der Waals surface area contributed by atoms with Crippen LogP contribution in [0.4, 0.5) is 19.0 Å². The van der Waals surface area contributed by atoms with Crippen molar-refractivity contribution in [1.82, 2.24) is 9.97 Å². The fourth-order valence-electron chi connectivity index (χ4n) is 2.36. The first kappa shape index (κ1) is 19.3. The number of ketones is 1. The number of aryl methyl sites for hydroxylation is 1. The minimum atomic E-state index is -5.33. The first-order valence-corrected chi connectivity index (χ1v) is 7.23. The van der Waals surface area contributed by atoms with E-state index in [0.29, 0.717) is 5.56 Å². The summed E-state index contributed by atoms with van der Waals surface area (Å²) in [7, 11) is 0. The standard InChI is InChI=1S/C16H15F3N4O3/c1-7-3-4-9(15(26,14(21)25)16(17,18)19)5-10(7)11-6-22-13(20)12(23-11)8(2)24/h3-6,26H,1-2H3,(H2,20,22)(H2,21,25). The van der Waals surface area contributed by atoms with Gasteiger partial charge in [0.05, 0.1) is 11.9 Å². The second-order valence-electron chi connectivity index (χ2n) is 5.65. The van der Waals surface area contributed by atoms with Crippen molar-refractivity contribution in [2.45, 2.75) is 25.6 Å². The smallest absolute Gasteiger partial charge is 0.382 e. The Balaban J connectivity index is 2.71. The largest absolute Gasteiger partial charge is 0.430 e. The molecule has 1 amide bonds. The third-order valence-electron chi connectivity index (χ3n) is 3.83. The molecule has 0 bridgehead atoms. The van der Waals surface area contributed by atoms with E-state index in [1.807, 2.05) is 0 Å². The Labute approximate surface area is 145 Å². The summed E-state index contributed by atoms with van der Waals surface area (Å²) in [6.07, 6.45) is -4.16. The predicted octanol–water partition coefficient (Wildman–Crippen LogP) is 1.47. The number of carbonyl (C=O) groups is 2. The van der Waals surface area contributed by atoms with Gasteiger partial charge in [-0.3, -0.25) is 9.59 Å². The number of nitrogen functional groups attached to an aromatic ring is 1. The van der Waals surface area contributed by atoms with Crippen LogP contribution in [0, 0.1) is 6.92 Å². The zero-order chi connectivity index (χ0) is 19.9. The highest BCUT2D eigenvalue weighted by Gasteiger charge is 2.60. The van der Waals surface area contributed by atoms with Crippen molar-refractivity contribution in [3.63, 3.8) is 0 Å². The molecular weight excluding hydrogens is 353 g/mol. The molecular formula is C16H15F3N4O3. The number of primary amides is 1. The summed E-state index contributed by atoms with van der Waals surface area (Å²) in [6, 6.07) is 3.13. The number of alkyl halides is 3. The lowest BCUT2D eigenvalue weighted by molar-refractivity contribution is -0.255. The number of halogens is 3. The van der Waals surface area contributed by atoms with Crippen LogP contribution in [-0.2, 0) is 10.4 Å². The van der Waals surface area contributed by atoms with Crippen LogP contribution in [0.1, 0.15) is 28.5 Å². The minimum absolute atomic E-state index is 0.0535. The molecule has 0 radical (unpaired) electrons. The average Bonchev–Trinajstić information content (AvgIpc) is 2.53. The number of nitrogens with zero attached hydrogens (tertiary/aromatic N) is 2. The highest BCUT2D eigenvalue weighted by Crippen LogP contribution is 2.40. The number of nitrogens with two attached hydrogens (primary N) is 2. The van der Waals surface area contributed by atoms with Crippen LogP contribution in [0.5, 0.6) is 0 Å². The Hall–Kier alpha value is -3.01. The number of benzene rings is 1. The maximum atomic E-state index is 13.3. The van der Waals surface area contributed by atoms with Crippen LogP contribution in [0.2, 0.25) is 0 Å². The van der Waals surface area contributed by atoms with E-state index in [1.165, 1.54) is 19.2 Å². The summed E-state index contributed by atoms with van der Waals surface area (Å²) in [6.45, 7) is 2.78. The van der Waals surface area contributed by atoms with Crippen molar-refractivity contribution in [1.29, 1.82) is 0 Å². The van der Waals surface area contributed by atoms with E-state index < -0.39 is 29.0 Å². The number of hydrogen-bond donors (Lipinski definition) is 3. The summed E-state index contributed by atoms with van der Waals surface area (Å²) < 4.78 is 39.8. The van der Waals surface area contributed by atoms with Crippen molar-refractivity contribution < 1.29 is 27.9 Å². The van der Waals surface area contributed by atoms with Crippen LogP contribution < -0.4 is 11.5 Å². The zero-order valence-corrected chi connectivity index (χ0v) is 13.8. The normalized spacial score (nSPS) is 13.9. The molecule has 0 spiro atoms. The van der Waals surface area contributed by atoms with E-state index in [2.05, 4.69) is 9.97 Å². The Kier molecular flexibility index (Phi) is 4.73. The van der Waals surface area contributed by atoms with Gasteiger partial charge in [-0.15, -0.1) is 0 Å². The SMILES string of the molecule is CC(=O)c1nc(-c2cc(C(O)(C(N)=O)C(F)(F)F)ccc2C)cnc1N. The predicted molar refractivity (Wildman–Crippen MR) is 85.8 cm³/mol. The van der Waals surface area contributed by atoms with Gasteiger partial charge in [0.2, 0.25) is 0 Å². The van der Waals surface area contributed by atoms with Gasteiger partial charge in [0.1, 0.15) is 5.69 Å². The average molecular weight is 368 g/mol. The van der Waals surface area contributed by atoms with Crippen LogP contribution in [-0.4, -0.2) is 32.9 Å². The molecule has 1 aromatic carbocycles. The van der Waals surface area contributed by atoms with E-state index >= 15 is 0 Å². The van der Waals surface area contributed by atoms with E-state index in [4.69, 9.17) is 11.5 Å². The lowest BCUT2D eigenvalue weighted by Crippen LogP contribution is -2.52. The van der Waals surface area contributed by atoms with Crippen molar-refractivity contribution in [2.75, 3.05) is 5.73 Å². The molecule has 0 aliphatic carbocycles. The van der Waals surface area contributed by atoms with E-state index in [1.54, 1.807) is 6.92 Å². The number of anilines is 1. The second-order valence-corrected chi connectivity index (χ2v) is 5.65. The molecule has 138 valence electrons. The molecule has 10 heteroatoms. The molecule has 5 N–H and O–H groups in total. The summed E-state index contributed by atoms with van der Waals surface area (Å²) in [4.78, 5) is 30.7. The quantitative estimate of drug-likeness (QED) is 0.700. The molecule has 26 heavy (non-hydrogen) atoms. The number of carbonyl (C=O) groups excluding carboxylic acids is 2. The minimum Gasteiger partial charge on any atom is -0.382 e. The molecule has 0 saturated carbocycles. The lowest BCUT2D eigenvalue weighted by Gasteiger charge is -2.28. The van der Waals surface area contributed by atoms with Crippen LogP contribution in [0.3, 0.4) is 0 Å². The monoisotopic (exact) mass is 368 g/mol. The van der Waals surface area contributed by atoms with Gasteiger partial charge < -0.3 is 16.6 Å². The third kappa shape index (κ3) is 3.10. The molecule has 7 nitrogen and oxygen atoms in total. The number of aromatic nitrogens is 2. The Morgan fingerprint density at radius 3 is 2.35 bits per heavy atom. The maximum absolute atomic E-state index is 13.3. The van der Waals surface area contributed by atoms with Gasteiger partial charge in [-0.25, -0.2) is 9.97 Å². The van der Waals surface area contributed by atoms with E-state index in [0.717, 1.165) is 12.1 Å². The highest BCUT2D eigenvalue weighted by atomic mass is 19.4. The number of amides is 1. The number of rotatable bonds is 4.